The van der Waals surface area contributed by atoms with Crippen LogP contribution in [0.2, 0.25) is 5.02 Å². The molecule has 0 saturated heterocycles. The number of benzene rings is 1. The number of esters is 1. The van der Waals surface area contributed by atoms with Crippen LogP contribution in [0.4, 0.5) is 0 Å². The molecule has 0 radical (unpaired) electrons. The van der Waals surface area contributed by atoms with E-state index in [-0.39, 0.29) is 5.91 Å². The number of hydrogen-bond donors (Lipinski definition) is 1. The summed E-state index contributed by atoms with van der Waals surface area (Å²) in [6.45, 7) is 5.82. The van der Waals surface area contributed by atoms with Crippen LogP contribution in [0.5, 0.6) is 0 Å². The van der Waals surface area contributed by atoms with Crippen LogP contribution in [0.25, 0.3) is 0 Å². The Balaban J connectivity index is 2.25. The molecule has 1 heterocycles. The van der Waals surface area contributed by atoms with E-state index in [0.29, 0.717) is 15.5 Å². The van der Waals surface area contributed by atoms with Crippen LogP contribution >= 0.6 is 22.9 Å². The molecule has 24 heavy (non-hydrogen) atoms. The van der Waals surface area contributed by atoms with E-state index in [0.717, 1.165) is 6.42 Å². The minimum absolute atomic E-state index is 0.353. The molecule has 0 aliphatic carbocycles. The Labute approximate surface area is 150 Å². The molecular formula is C18H20ClNO3S. The monoisotopic (exact) mass is 365 g/mol. The summed E-state index contributed by atoms with van der Waals surface area (Å²) in [4.78, 5) is 25.4. The molecule has 2 aromatic rings. The zero-order valence-electron chi connectivity index (χ0n) is 13.8. The summed E-state index contributed by atoms with van der Waals surface area (Å²) in [5, 5.41) is 5.26. The van der Waals surface area contributed by atoms with Crippen LogP contribution in [0, 0.1) is 0 Å². The van der Waals surface area contributed by atoms with Crippen LogP contribution < -0.4 is 5.32 Å². The standard InChI is InChI=1S/C18H20ClNO3S/c1-4-18(2,3)20-16(21)15(12-7-9-13(19)10-8-12)23-17(22)14-6-5-11-24-14/h5-11,15H,4H2,1-3H3,(H,20,21). The first-order valence-corrected chi connectivity index (χ1v) is 8.90. The fraction of sp³-hybridized carbons (Fsp3) is 0.333. The Morgan fingerprint density at radius 1 is 1.25 bits per heavy atom. The minimum atomic E-state index is -1.03. The molecule has 128 valence electrons. The van der Waals surface area contributed by atoms with Gasteiger partial charge in [-0.15, -0.1) is 11.3 Å². The number of nitrogens with one attached hydrogen (secondary N) is 1. The van der Waals surface area contributed by atoms with Gasteiger partial charge in [-0.2, -0.15) is 0 Å². The second kappa shape index (κ2) is 7.81. The molecule has 1 aromatic carbocycles. The molecule has 0 bridgehead atoms. The van der Waals surface area contributed by atoms with Gasteiger partial charge in [0, 0.05) is 16.1 Å². The van der Waals surface area contributed by atoms with Crippen molar-refractivity contribution in [3.63, 3.8) is 0 Å². The Morgan fingerprint density at radius 2 is 1.92 bits per heavy atom. The SMILES string of the molecule is CCC(C)(C)NC(=O)C(OC(=O)c1cccs1)c1ccc(Cl)cc1. The first-order valence-electron chi connectivity index (χ1n) is 7.64. The minimum Gasteiger partial charge on any atom is -0.443 e. The van der Waals surface area contributed by atoms with E-state index in [1.165, 1.54) is 11.3 Å². The average Bonchev–Trinajstić information content (AvgIpc) is 3.07. The van der Waals surface area contributed by atoms with Gasteiger partial charge in [0.2, 0.25) is 6.10 Å². The van der Waals surface area contributed by atoms with Gasteiger partial charge < -0.3 is 10.1 Å². The van der Waals surface area contributed by atoms with E-state index in [4.69, 9.17) is 16.3 Å². The lowest BCUT2D eigenvalue weighted by atomic mass is 10.0. The second-order valence-corrected chi connectivity index (χ2v) is 7.43. The zero-order chi connectivity index (χ0) is 17.7. The maximum absolute atomic E-state index is 12.7. The molecule has 1 amide bonds. The van der Waals surface area contributed by atoms with Gasteiger partial charge in [0.15, 0.2) is 0 Å². The lowest BCUT2D eigenvalue weighted by Gasteiger charge is -2.27. The zero-order valence-corrected chi connectivity index (χ0v) is 15.4. The lowest BCUT2D eigenvalue weighted by molar-refractivity contribution is -0.132. The third-order valence-electron chi connectivity index (χ3n) is 3.70. The van der Waals surface area contributed by atoms with Crippen molar-refractivity contribution in [3.05, 3.63) is 57.2 Å². The first-order chi connectivity index (χ1) is 11.3. The normalized spacial score (nSPS) is 12.5. The first kappa shape index (κ1) is 18.5. The molecule has 1 aromatic heterocycles. The van der Waals surface area contributed by atoms with Gasteiger partial charge in [-0.25, -0.2) is 4.79 Å². The highest BCUT2D eigenvalue weighted by Crippen LogP contribution is 2.24. The summed E-state index contributed by atoms with van der Waals surface area (Å²) < 4.78 is 5.49. The summed E-state index contributed by atoms with van der Waals surface area (Å²) >= 11 is 7.18. The van der Waals surface area contributed by atoms with Crippen LogP contribution in [-0.4, -0.2) is 17.4 Å². The van der Waals surface area contributed by atoms with Gasteiger partial charge in [0.1, 0.15) is 4.88 Å². The number of hydrogen-bond acceptors (Lipinski definition) is 4. The maximum atomic E-state index is 12.7. The molecule has 2 rings (SSSR count). The molecule has 1 N–H and O–H groups in total. The van der Waals surface area contributed by atoms with Crippen molar-refractivity contribution in [2.45, 2.75) is 38.8 Å². The number of ether oxygens (including phenoxy) is 1. The fourth-order valence-corrected chi connectivity index (χ4v) is 2.69. The van der Waals surface area contributed by atoms with E-state index in [2.05, 4.69) is 5.32 Å². The number of amides is 1. The second-order valence-electron chi connectivity index (χ2n) is 6.04. The van der Waals surface area contributed by atoms with Gasteiger partial charge in [-0.1, -0.05) is 36.7 Å². The number of carbonyl (C=O) groups excluding carboxylic acids is 2. The predicted octanol–water partition coefficient (Wildman–Crippen LogP) is 4.60. The van der Waals surface area contributed by atoms with E-state index in [1.54, 1.807) is 41.8 Å². The smallest absolute Gasteiger partial charge is 0.349 e. The summed E-state index contributed by atoms with van der Waals surface area (Å²) in [6.07, 6.45) is -0.270. The van der Waals surface area contributed by atoms with Gasteiger partial charge in [0.25, 0.3) is 5.91 Å². The maximum Gasteiger partial charge on any atom is 0.349 e. The summed E-state index contributed by atoms with van der Waals surface area (Å²) in [7, 11) is 0. The highest BCUT2D eigenvalue weighted by Gasteiger charge is 2.29. The molecule has 0 aliphatic rings. The van der Waals surface area contributed by atoms with Crippen molar-refractivity contribution >= 4 is 34.8 Å². The van der Waals surface area contributed by atoms with Crippen LogP contribution in [-0.2, 0) is 9.53 Å². The summed E-state index contributed by atoms with van der Waals surface area (Å²) in [5.74, 6) is -0.872. The van der Waals surface area contributed by atoms with Crippen molar-refractivity contribution in [2.75, 3.05) is 0 Å². The lowest BCUT2D eigenvalue weighted by Crippen LogP contribution is -2.45. The van der Waals surface area contributed by atoms with E-state index in [1.807, 2.05) is 20.8 Å². The third-order valence-corrected chi connectivity index (χ3v) is 4.81. The molecule has 0 fully saturated rings. The Bertz CT molecular complexity index is 696. The van der Waals surface area contributed by atoms with Crippen molar-refractivity contribution in [3.8, 4) is 0 Å². The third kappa shape index (κ3) is 4.82. The molecule has 6 heteroatoms. The molecule has 0 aliphatic heterocycles. The Hall–Kier alpha value is -1.85. The number of thiophene rings is 1. The van der Waals surface area contributed by atoms with Crippen molar-refractivity contribution < 1.29 is 14.3 Å². The van der Waals surface area contributed by atoms with Crippen molar-refractivity contribution in [1.82, 2.24) is 5.32 Å². The largest absolute Gasteiger partial charge is 0.443 e. The van der Waals surface area contributed by atoms with Gasteiger partial charge in [-0.05, 0) is 43.8 Å². The number of carbonyl (C=O) groups is 2. The summed E-state index contributed by atoms with van der Waals surface area (Å²) in [5.41, 5.74) is 0.186. The van der Waals surface area contributed by atoms with Crippen LogP contribution in [0.1, 0.15) is 48.5 Å². The topological polar surface area (TPSA) is 55.4 Å². The number of rotatable bonds is 6. The molecule has 0 spiro atoms. The van der Waals surface area contributed by atoms with Gasteiger partial charge in [-0.3, -0.25) is 4.79 Å². The van der Waals surface area contributed by atoms with Gasteiger partial charge >= 0.3 is 5.97 Å². The highest BCUT2D eigenvalue weighted by atomic mass is 35.5. The number of halogens is 1. The molecular weight excluding hydrogens is 346 g/mol. The Kier molecular flexibility index (Phi) is 6.02. The predicted molar refractivity (Wildman–Crippen MR) is 96.4 cm³/mol. The fourth-order valence-electron chi connectivity index (χ4n) is 1.96. The molecule has 4 nitrogen and oxygen atoms in total. The van der Waals surface area contributed by atoms with Crippen molar-refractivity contribution in [1.29, 1.82) is 0 Å². The summed E-state index contributed by atoms with van der Waals surface area (Å²) in [6, 6.07) is 10.1. The van der Waals surface area contributed by atoms with Crippen LogP contribution in [0.15, 0.2) is 41.8 Å². The average molecular weight is 366 g/mol. The highest BCUT2D eigenvalue weighted by molar-refractivity contribution is 7.11. The van der Waals surface area contributed by atoms with Crippen LogP contribution in [0.3, 0.4) is 0 Å². The van der Waals surface area contributed by atoms with E-state index < -0.39 is 17.6 Å². The van der Waals surface area contributed by atoms with Crippen molar-refractivity contribution in [2.24, 2.45) is 0 Å². The van der Waals surface area contributed by atoms with Gasteiger partial charge in [0.05, 0.1) is 0 Å². The molecule has 1 atom stereocenters. The molecule has 1 unspecified atom stereocenters. The van der Waals surface area contributed by atoms with E-state index >= 15 is 0 Å². The Morgan fingerprint density at radius 3 is 2.46 bits per heavy atom. The molecule has 0 saturated carbocycles. The van der Waals surface area contributed by atoms with E-state index in [9.17, 15) is 9.59 Å². The quantitative estimate of drug-likeness (QED) is 0.761.